The second-order valence-electron chi connectivity index (χ2n) is 8.36. The van der Waals surface area contributed by atoms with Crippen LogP contribution in [-0.4, -0.2) is 57.7 Å². The van der Waals surface area contributed by atoms with Gasteiger partial charge in [0, 0.05) is 50.8 Å². The van der Waals surface area contributed by atoms with Gasteiger partial charge in [-0.2, -0.15) is 0 Å². The van der Waals surface area contributed by atoms with Gasteiger partial charge < -0.3 is 20.6 Å². The number of nitrogen functional groups attached to an aromatic ring is 1. The van der Waals surface area contributed by atoms with Gasteiger partial charge in [0.25, 0.3) is 0 Å². The van der Waals surface area contributed by atoms with E-state index < -0.39 is 5.60 Å². The number of nitrogens with zero attached hydrogens (tertiary/aromatic N) is 4. The lowest BCUT2D eigenvalue weighted by molar-refractivity contribution is -0.139. The van der Waals surface area contributed by atoms with E-state index in [1.165, 1.54) is 11.1 Å². The number of amides is 1. The summed E-state index contributed by atoms with van der Waals surface area (Å²) < 4.78 is 0. The third-order valence-corrected chi connectivity index (χ3v) is 7.27. The van der Waals surface area contributed by atoms with Crippen molar-refractivity contribution in [3.05, 3.63) is 41.5 Å². The summed E-state index contributed by atoms with van der Waals surface area (Å²) in [5.74, 6) is 2.09. The number of aromatic nitrogens is 2. The SMILES string of the molecule is CC(=O)N1CC[C@]2(O)CCN(c3cc(N)nc(SCc4ccccc4C)n3)C[C@@H]2C1. The van der Waals surface area contributed by atoms with E-state index in [1.807, 2.05) is 17.0 Å². The number of hydrogen-bond donors (Lipinski definition) is 2. The summed E-state index contributed by atoms with van der Waals surface area (Å²) in [7, 11) is 0. The van der Waals surface area contributed by atoms with Crippen molar-refractivity contribution in [3.8, 4) is 0 Å². The number of benzene rings is 1. The second-order valence-corrected chi connectivity index (χ2v) is 9.30. The summed E-state index contributed by atoms with van der Waals surface area (Å²) in [5.41, 5.74) is 7.89. The summed E-state index contributed by atoms with van der Waals surface area (Å²) in [6.07, 6.45) is 1.30. The first kappa shape index (κ1) is 20.9. The zero-order chi connectivity index (χ0) is 21.3. The number of nitrogens with two attached hydrogens (primary N) is 1. The van der Waals surface area contributed by atoms with Crippen LogP contribution < -0.4 is 10.6 Å². The van der Waals surface area contributed by atoms with Gasteiger partial charge in [-0.1, -0.05) is 36.0 Å². The van der Waals surface area contributed by atoms with E-state index in [1.54, 1.807) is 24.8 Å². The molecule has 2 fully saturated rings. The molecule has 2 aliphatic rings. The zero-order valence-electron chi connectivity index (χ0n) is 17.5. The average molecular weight is 428 g/mol. The number of carbonyl (C=O) groups excluding carboxylic acids is 1. The van der Waals surface area contributed by atoms with Crippen LogP contribution in [0.5, 0.6) is 0 Å². The monoisotopic (exact) mass is 427 g/mol. The lowest BCUT2D eigenvalue weighted by Crippen LogP contribution is -2.60. The lowest BCUT2D eigenvalue weighted by atomic mass is 9.75. The van der Waals surface area contributed by atoms with E-state index in [-0.39, 0.29) is 11.8 Å². The third-order valence-electron chi connectivity index (χ3n) is 6.37. The number of aryl methyl sites for hydroxylation is 1. The van der Waals surface area contributed by atoms with Crippen molar-refractivity contribution in [2.24, 2.45) is 5.92 Å². The van der Waals surface area contributed by atoms with Gasteiger partial charge in [0.15, 0.2) is 5.16 Å². The maximum Gasteiger partial charge on any atom is 0.219 e. The normalized spacial score (nSPS) is 23.9. The zero-order valence-corrected chi connectivity index (χ0v) is 18.4. The minimum Gasteiger partial charge on any atom is -0.389 e. The molecule has 3 N–H and O–H groups in total. The van der Waals surface area contributed by atoms with Crippen LogP contribution in [0, 0.1) is 12.8 Å². The molecule has 0 unspecified atom stereocenters. The Balaban J connectivity index is 1.48. The number of piperidine rings is 2. The molecule has 0 bridgehead atoms. The molecule has 0 saturated carbocycles. The summed E-state index contributed by atoms with van der Waals surface area (Å²) in [6, 6.07) is 10.1. The second kappa shape index (κ2) is 8.43. The van der Waals surface area contributed by atoms with Crippen LogP contribution in [0.15, 0.2) is 35.5 Å². The number of thioether (sulfide) groups is 1. The van der Waals surface area contributed by atoms with E-state index >= 15 is 0 Å². The van der Waals surface area contributed by atoms with Crippen molar-refractivity contribution in [2.45, 2.75) is 43.2 Å². The van der Waals surface area contributed by atoms with Crippen LogP contribution in [0.4, 0.5) is 11.6 Å². The van der Waals surface area contributed by atoms with E-state index in [2.05, 4.69) is 28.9 Å². The van der Waals surface area contributed by atoms with Crippen molar-refractivity contribution in [2.75, 3.05) is 36.8 Å². The summed E-state index contributed by atoms with van der Waals surface area (Å²) >= 11 is 1.58. The maximum absolute atomic E-state index is 11.8. The minimum absolute atomic E-state index is 0.00293. The highest BCUT2D eigenvalue weighted by atomic mass is 32.2. The molecule has 0 aliphatic carbocycles. The lowest BCUT2D eigenvalue weighted by Gasteiger charge is -2.50. The van der Waals surface area contributed by atoms with Gasteiger partial charge in [-0.05, 0) is 30.9 Å². The first-order valence-electron chi connectivity index (χ1n) is 10.4. The molecular formula is C22H29N5O2S. The molecule has 7 nitrogen and oxygen atoms in total. The Hall–Kier alpha value is -2.32. The topological polar surface area (TPSA) is 95.6 Å². The van der Waals surface area contributed by atoms with Crippen LogP contribution in [0.25, 0.3) is 0 Å². The Morgan fingerprint density at radius 2 is 2.03 bits per heavy atom. The summed E-state index contributed by atoms with van der Waals surface area (Å²) in [5, 5.41) is 11.7. The Morgan fingerprint density at radius 1 is 1.27 bits per heavy atom. The molecule has 2 saturated heterocycles. The van der Waals surface area contributed by atoms with Crippen LogP contribution >= 0.6 is 11.8 Å². The Labute approximate surface area is 181 Å². The number of rotatable bonds is 4. The van der Waals surface area contributed by atoms with E-state index in [0.29, 0.717) is 50.0 Å². The van der Waals surface area contributed by atoms with Gasteiger partial charge in [0.05, 0.1) is 5.60 Å². The highest BCUT2D eigenvalue weighted by molar-refractivity contribution is 7.98. The fourth-order valence-electron chi connectivity index (χ4n) is 4.37. The van der Waals surface area contributed by atoms with Crippen LogP contribution in [0.1, 0.15) is 30.9 Å². The van der Waals surface area contributed by atoms with Crippen molar-refractivity contribution in [1.29, 1.82) is 0 Å². The highest BCUT2D eigenvalue weighted by Crippen LogP contribution is 2.37. The number of hydrogen-bond acceptors (Lipinski definition) is 7. The predicted octanol–water partition coefficient (Wildman–Crippen LogP) is 2.47. The van der Waals surface area contributed by atoms with Gasteiger partial charge in [-0.15, -0.1) is 0 Å². The molecule has 2 aromatic rings. The molecule has 30 heavy (non-hydrogen) atoms. The molecule has 0 radical (unpaired) electrons. The number of carbonyl (C=O) groups is 1. The smallest absolute Gasteiger partial charge is 0.219 e. The highest BCUT2D eigenvalue weighted by Gasteiger charge is 2.45. The molecule has 8 heteroatoms. The first-order valence-corrected chi connectivity index (χ1v) is 11.4. The molecule has 4 rings (SSSR count). The van der Waals surface area contributed by atoms with Gasteiger partial charge in [0.1, 0.15) is 11.6 Å². The molecule has 1 aromatic carbocycles. The molecule has 0 spiro atoms. The number of aliphatic hydroxyl groups is 1. The van der Waals surface area contributed by atoms with Crippen molar-refractivity contribution < 1.29 is 9.90 Å². The summed E-state index contributed by atoms with van der Waals surface area (Å²) in [6.45, 7) is 6.27. The minimum atomic E-state index is -0.705. The Morgan fingerprint density at radius 3 is 2.80 bits per heavy atom. The van der Waals surface area contributed by atoms with Crippen LogP contribution in [0.2, 0.25) is 0 Å². The molecule has 1 aromatic heterocycles. The van der Waals surface area contributed by atoms with Crippen LogP contribution in [-0.2, 0) is 10.5 Å². The maximum atomic E-state index is 11.8. The van der Waals surface area contributed by atoms with Gasteiger partial charge in [-0.3, -0.25) is 4.79 Å². The number of fused-ring (bicyclic) bond motifs is 1. The molecule has 1 amide bonds. The third kappa shape index (κ3) is 4.39. The fraction of sp³-hybridized carbons (Fsp3) is 0.500. The van der Waals surface area contributed by atoms with Crippen molar-refractivity contribution >= 4 is 29.3 Å². The van der Waals surface area contributed by atoms with Crippen molar-refractivity contribution in [1.82, 2.24) is 14.9 Å². The van der Waals surface area contributed by atoms with Crippen LogP contribution in [0.3, 0.4) is 0 Å². The number of anilines is 2. The molecule has 160 valence electrons. The first-order chi connectivity index (χ1) is 14.3. The Kier molecular flexibility index (Phi) is 5.88. The van der Waals surface area contributed by atoms with Gasteiger partial charge >= 0.3 is 0 Å². The average Bonchev–Trinajstić information content (AvgIpc) is 2.71. The van der Waals surface area contributed by atoms with E-state index in [0.717, 1.165) is 11.6 Å². The van der Waals surface area contributed by atoms with Gasteiger partial charge in [-0.25, -0.2) is 9.97 Å². The standard InChI is InChI=1S/C22H29N5O2S/c1-15-5-3-4-6-17(15)14-30-21-24-19(23)11-20(25-21)27-10-8-22(29)7-9-26(16(2)28)12-18(22)13-27/h3-6,11,18,29H,7-10,12-14H2,1-2H3,(H2,23,24,25)/t18-,22-/m0/s1. The van der Waals surface area contributed by atoms with E-state index in [4.69, 9.17) is 10.7 Å². The summed E-state index contributed by atoms with van der Waals surface area (Å²) in [4.78, 5) is 25.0. The largest absolute Gasteiger partial charge is 0.389 e. The Bertz CT molecular complexity index is 939. The molecule has 3 heterocycles. The number of likely N-dealkylation sites (tertiary alicyclic amines) is 1. The molecule has 2 aliphatic heterocycles. The van der Waals surface area contributed by atoms with Gasteiger partial charge in [0.2, 0.25) is 5.91 Å². The van der Waals surface area contributed by atoms with E-state index in [9.17, 15) is 9.90 Å². The fourth-order valence-corrected chi connectivity index (χ4v) is 5.30. The predicted molar refractivity (Wildman–Crippen MR) is 119 cm³/mol. The quantitative estimate of drug-likeness (QED) is 0.572. The molecular weight excluding hydrogens is 398 g/mol. The van der Waals surface area contributed by atoms with Crippen molar-refractivity contribution in [3.63, 3.8) is 0 Å². The molecule has 2 atom stereocenters.